The lowest BCUT2D eigenvalue weighted by molar-refractivity contribution is 0.785. The summed E-state index contributed by atoms with van der Waals surface area (Å²) in [6, 6.07) is 0. The van der Waals surface area contributed by atoms with Crippen molar-refractivity contribution in [2.24, 2.45) is 7.05 Å². The lowest BCUT2D eigenvalue weighted by atomic mass is 10.8. The third-order valence-electron chi connectivity index (χ3n) is 1.08. The molecule has 0 saturated heterocycles. The van der Waals surface area contributed by atoms with Gasteiger partial charge in [-0.15, -0.1) is 0 Å². The molecular weight excluding hydrogens is 146 g/mol. The zero-order chi connectivity index (χ0) is 7.40. The van der Waals surface area contributed by atoms with Crippen LogP contribution in [0.3, 0.4) is 0 Å². The Morgan fingerprint density at radius 3 is 3.10 bits per heavy atom. The van der Waals surface area contributed by atoms with Crippen LogP contribution in [-0.2, 0) is 7.05 Å². The lowest BCUT2D eigenvalue weighted by Gasteiger charge is -1.98. The van der Waals surface area contributed by atoms with Crippen molar-refractivity contribution in [3.05, 3.63) is 12.4 Å². The number of nitrogens with one attached hydrogen (secondary N) is 1. The van der Waals surface area contributed by atoms with E-state index in [1.807, 2.05) is 17.8 Å². The predicted molar refractivity (Wildman–Crippen MR) is 42.7 cm³/mol. The van der Waals surface area contributed by atoms with E-state index in [-0.39, 0.29) is 0 Å². The summed E-state index contributed by atoms with van der Waals surface area (Å²) in [5.74, 6) is 0. The number of imidazole rings is 1. The molecule has 10 heavy (non-hydrogen) atoms. The summed E-state index contributed by atoms with van der Waals surface area (Å²) in [6.07, 6.45) is 3.72. The summed E-state index contributed by atoms with van der Waals surface area (Å²) in [4.78, 5) is 4.12. The molecule has 0 amide bonds. The van der Waals surface area contributed by atoms with Gasteiger partial charge in [-0.2, -0.15) is 0 Å². The van der Waals surface area contributed by atoms with Crippen molar-refractivity contribution < 1.29 is 0 Å². The molecule has 0 radical (unpaired) electrons. The first-order valence-electron chi connectivity index (χ1n) is 3.21. The van der Waals surface area contributed by atoms with E-state index in [1.165, 1.54) is 0 Å². The van der Waals surface area contributed by atoms with E-state index in [1.54, 1.807) is 18.1 Å². The van der Waals surface area contributed by atoms with Crippen molar-refractivity contribution in [1.82, 2.24) is 14.3 Å². The highest BCUT2D eigenvalue weighted by Gasteiger charge is 1.96. The third-order valence-corrected chi connectivity index (χ3v) is 2.09. The zero-order valence-electron chi connectivity index (χ0n) is 6.16. The zero-order valence-corrected chi connectivity index (χ0v) is 6.98. The number of rotatable bonds is 3. The first kappa shape index (κ1) is 7.63. The minimum atomic E-state index is 0.956. The van der Waals surface area contributed by atoms with Gasteiger partial charge in [0.15, 0.2) is 5.16 Å². The van der Waals surface area contributed by atoms with Gasteiger partial charge in [0, 0.05) is 26.0 Å². The van der Waals surface area contributed by atoms with Gasteiger partial charge in [0.25, 0.3) is 0 Å². The molecule has 0 unspecified atom stereocenters. The van der Waals surface area contributed by atoms with Crippen LogP contribution in [0.15, 0.2) is 17.6 Å². The van der Waals surface area contributed by atoms with Gasteiger partial charge in [0.1, 0.15) is 0 Å². The molecule has 1 aromatic rings. The van der Waals surface area contributed by atoms with Gasteiger partial charge in [-0.3, -0.25) is 4.72 Å². The summed E-state index contributed by atoms with van der Waals surface area (Å²) < 4.78 is 5.10. The van der Waals surface area contributed by atoms with Crippen molar-refractivity contribution in [2.75, 3.05) is 6.54 Å². The Bertz CT molecular complexity index is 197. The van der Waals surface area contributed by atoms with E-state index in [0.29, 0.717) is 0 Å². The fraction of sp³-hybridized carbons (Fsp3) is 0.500. The van der Waals surface area contributed by atoms with Gasteiger partial charge < -0.3 is 4.57 Å². The van der Waals surface area contributed by atoms with Crippen LogP contribution in [0, 0.1) is 0 Å². The normalized spacial score (nSPS) is 10.2. The summed E-state index contributed by atoms with van der Waals surface area (Å²) >= 11 is 1.56. The van der Waals surface area contributed by atoms with Gasteiger partial charge >= 0.3 is 0 Å². The molecule has 0 aliphatic carbocycles. The molecular formula is C6H11N3S. The van der Waals surface area contributed by atoms with Gasteiger partial charge in [-0.1, -0.05) is 6.92 Å². The van der Waals surface area contributed by atoms with Gasteiger partial charge in [0.05, 0.1) is 0 Å². The minimum Gasteiger partial charge on any atom is -0.328 e. The molecule has 1 heterocycles. The number of aryl methyl sites for hydroxylation is 1. The molecule has 56 valence electrons. The third kappa shape index (κ3) is 1.75. The Kier molecular flexibility index (Phi) is 2.77. The molecule has 0 spiro atoms. The van der Waals surface area contributed by atoms with Crippen molar-refractivity contribution in [3.63, 3.8) is 0 Å². The standard InChI is InChI=1S/C6H11N3S/c1-3-8-10-6-7-4-5-9(6)2/h4-5,8H,3H2,1-2H3. The monoisotopic (exact) mass is 157 g/mol. The average molecular weight is 157 g/mol. The van der Waals surface area contributed by atoms with Crippen molar-refractivity contribution in [1.29, 1.82) is 0 Å². The van der Waals surface area contributed by atoms with Gasteiger partial charge in [-0.05, 0) is 11.9 Å². The fourth-order valence-electron chi connectivity index (χ4n) is 0.587. The Hall–Kier alpha value is -0.480. The van der Waals surface area contributed by atoms with Gasteiger partial charge in [-0.25, -0.2) is 4.98 Å². The lowest BCUT2D eigenvalue weighted by Crippen LogP contribution is -2.03. The van der Waals surface area contributed by atoms with Crippen LogP contribution >= 0.6 is 11.9 Å². The average Bonchev–Trinajstić information content (AvgIpc) is 2.31. The maximum atomic E-state index is 4.12. The molecule has 0 aliphatic heterocycles. The van der Waals surface area contributed by atoms with Crippen LogP contribution < -0.4 is 4.72 Å². The molecule has 3 nitrogen and oxygen atoms in total. The second-order valence-corrected chi connectivity index (χ2v) is 2.78. The van der Waals surface area contributed by atoms with E-state index >= 15 is 0 Å². The molecule has 1 aromatic heterocycles. The number of hydrogen-bond acceptors (Lipinski definition) is 3. The SMILES string of the molecule is CCNSc1nccn1C. The fourth-order valence-corrected chi connectivity index (χ4v) is 1.18. The first-order valence-corrected chi connectivity index (χ1v) is 4.03. The highest BCUT2D eigenvalue weighted by molar-refractivity contribution is 7.97. The Morgan fingerprint density at radius 1 is 1.80 bits per heavy atom. The molecule has 0 aromatic carbocycles. The van der Waals surface area contributed by atoms with Crippen LogP contribution in [0.2, 0.25) is 0 Å². The van der Waals surface area contributed by atoms with Crippen LogP contribution in [0.5, 0.6) is 0 Å². The molecule has 0 atom stereocenters. The first-order chi connectivity index (χ1) is 4.84. The second-order valence-electron chi connectivity index (χ2n) is 1.92. The smallest absolute Gasteiger partial charge is 0.183 e. The number of aromatic nitrogens is 2. The minimum absolute atomic E-state index is 0.956. The molecule has 4 heteroatoms. The summed E-state index contributed by atoms with van der Waals surface area (Å²) in [7, 11) is 1.98. The molecule has 0 fully saturated rings. The van der Waals surface area contributed by atoms with Crippen molar-refractivity contribution in [3.8, 4) is 0 Å². The highest BCUT2D eigenvalue weighted by Crippen LogP contribution is 2.08. The molecule has 1 N–H and O–H groups in total. The predicted octanol–water partition coefficient (Wildman–Crippen LogP) is 1.04. The quantitative estimate of drug-likeness (QED) is 0.665. The topological polar surface area (TPSA) is 29.9 Å². The van der Waals surface area contributed by atoms with Gasteiger partial charge in [0.2, 0.25) is 0 Å². The van der Waals surface area contributed by atoms with Crippen molar-refractivity contribution >= 4 is 11.9 Å². The summed E-state index contributed by atoms with van der Waals surface area (Å²) in [5, 5.41) is 1.00. The van der Waals surface area contributed by atoms with E-state index in [2.05, 4.69) is 16.6 Å². The maximum absolute atomic E-state index is 4.12. The highest BCUT2D eigenvalue weighted by atomic mass is 32.2. The molecule has 0 bridgehead atoms. The van der Waals surface area contributed by atoms with Crippen LogP contribution in [0.4, 0.5) is 0 Å². The van der Waals surface area contributed by atoms with Crippen molar-refractivity contribution in [2.45, 2.75) is 12.1 Å². The maximum Gasteiger partial charge on any atom is 0.183 e. The molecule has 1 rings (SSSR count). The van der Waals surface area contributed by atoms with E-state index in [9.17, 15) is 0 Å². The molecule has 0 aliphatic rings. The van der Waals surface area contributed by atoms with E-state index in [4.69, 9.17) is 0 Å². The van der Waals surface area contributed by atoms with Crippen LogP contribution in [-0.4, -0.2) is 16.1 Å². The Morgan fingerprint density at radius 2 is 2.60 bits per heavy atom. The Balaban J connectivity index is 2.49. The largest absolute Gasteiger partial charge is 0.328 e. The number of hydrogen-bond donors (Lipinski definition) is 1. The van der Waals surface area contributed by atoms with Crippen LogP contribution in [0.1, 0.15) is 6.92 Å². The van der Waals surface area contributed by atoms with E-state index < -0.39 is 0 Å². The van der Waals surface area contributed by atoms with Crippen LogP contribution in [0.25, 0.3) is 0 Å². The number of nitrogens with zero attached hydrogens (tertiary/aromatic N) is 2. The summed E-state index contributed by atoms with van der Waals surface area (Å²) in [6.45, 7) is 3.02. The Labute approximate surface area is 65.0 Å². The molecule has 0 saturated carbocycles. The summed E-state index contributed by atoms with van der Waals surface area (Å²) in [5.41, 5.74) is 0. The van der Waals surface area contributed by atoms with E-state index in [0.717, 1.165) is 11.7 Å². The second kappa shape index (κ2) is 3.63.